The first-order valence-corrected chi connectivity index (χ1v) is 6.13. The Bertz CT molecular complexity index is 685. The molecule has 3 heterocycles. The number of rotatable bonds is 2. The second kappa shape index (κ2) is 4.18. The molecule has 18 heavy (non-hydrogen) atoms. The van der Waals surface area contributed by atoms with Crippen molar-refractivity contribution >= 4 is 21.4 Å². The third-order valence-electron chi connectivity index (χ3n) is 2.84. The van der Waals surface area contributed by atoms with E-state index in [0.29, 0.717) is 10.3 Å². The molecule has 0 spiro atoms. The Morgan fingerprint density at radius 3 is 2.94 bits per heavy atom. The molecule has 0 aliphatic heterocycles. The van der Waals surface area contributed by atoms with E-state index >= 15 is 0 Å². The SMILES string of the molecule is Cn1nnc(Br)c1C(O)c1cnn2ccccc12. The van der Waals surface area contributed by atoms with Crippen molar-refractivity contribution in [1.29, 1.82) is 0 Å². The Kier molecular flexibility index (Phi) is 2.64. The van der Waals surface area contributed by atoms with Crippen LogP contribution in [-0.2, 0) is 7.05 Å². The molecular formula is C11H10BrN5O. The first kappa shape index (κ1) is 11.4. The van der Waals surface area contributed by atoms with Crippen molar-refractivity contribution in [2.24, 2.45) is 7.05 Å². The van der Waals surface area contributed by atoms with Crippen LogP contribution in [0.4, 0.5) is 0 Å². The average molecular weight is 308 g/mol. The van der Waals surface area contributed by atoms with Crippen LogP contribution in [0, 0.1) is 0 Å². The van der Waals surface area contributed by atoms with Crippen molar-refractivity contribution in [2.75, 3.05) is 0 Å². The molecule has 92 valence electrons. The maximum absolute atomic E-state index is 10.4. The van der Waals surface area contributed by atoms with Crippen molar-refractivity contribution in [2.45, 2.75) is 6.10 Å². The first-order valence-electron chi connectivity index (χ1n) is 5.34. The van der Waals surface area contributed by atoms with Crippen LogP contribution >= 0.6 is 15.9 Å². The van der Waals surface area contributed by atoms with Crippen LogP contribution in [0.3, 0.4) is 0 Å². The molecule has 0 aliphatic rings. The topological polar surface area (TPSA) is 68.2 Å². The summed E-state index contributed by atoms with van der Waals surface area (Å²) in [5.74, 6) is 0. The van der Waals surface area contributed by atoms with Crippen LogP contribution in [-0.4, -0.2) is 29.7 Å². The van der Waals surface area contributed by atoms with Crippen LogP contribution in [0.1, 0.15) is 17.4 Å². The number of pyridine rings is 1. The molecule has 3 aromatic heterocycles. The number of aliphatic hydroxyl groups excluding tert-OH is 1. The van der Waals surface area contributed by atoms with Crippen LogP contribution < -0.4 is 0 Å². The molecule has 0 amide bonds. The summed E-state index contributed by atoms with van der Waals surface area (Å²) >= 11 is 3.29. The van der Waals surface area contributed by atoms with Gasteiger partial charge in [-0.2, -0.15) is 5.10 Å². The predicted octanol–water partition coefficient (Wildman–Crippen LogP) is 1.31. The number of hydrogen-bond donors (Lipinski definition) is 1. The number of aromatic nitrogens is 5. The van der Waals surface area contributed by atoms with Gasteiger partial charge in [-0.3, -0.25) is 0 Å². The summed E-state index contributed by atoms with van der Waals surface area (Å²) in [4.78, 5) is 0. The molecule has 1 N–H and O–H groups in total. The molecule has 0 aromatic carbocycles. The van der Waals surface area contributed by atoms with Gasteiger partial charge in [-0.15, -0.1) is 5.10 Å². The van der Waals surface area contributed by atoms with Crippen LogP contribution in [0.5, 0.6) is 0 Å². The number of aryl methyl sites for hydroxylation is 1. The third-order valence-corrected chi connectivity index (χ3v) is 3.40. The van der Waals surface area contributed by atoms with E-state index in [0.717, 1.165) is 11.1 Å². The normalized spacial score (nSPS) is 13.1. The number of halogens is 1. The number of nitrogens with zero attached hydrogens (tertiary/aromatic N) is 5. The van der Waals surface area contributed by atoms with E-state index in [2.05, 4.69) is 31.3 Å². The highest BCUT2D eigenvalue weighted by Crippen LogP contribution is 2.28. The minimum Gasteiger partial charge on any atom is -0.382 e. The van der Waals surface area contributed by atoms with Crippen molar-refractivity contribution in [1.82, 2.24) is 24.6 Å². The van der Waals surface area contributed by atoms with Gasteiger partial charge in [-0.05, 0) is 28.1 Å². The molecule has 3 aromatic rings. The van der Waals surface area contributed by atoms with E-state index in [9.17, 15) is 5.11 Å². The number of fused-ring (bicyclic) bond motifs is 1. The molecule has 0 fully saturated rings. The molecule has 3 rings (SSSR count). The standard InChI is InChI=1S/C11H10BrN5O/c1-16-9(11(12)14-15-16)10(18)7-6-13-17-5-3-2-4-8(7)17/h2-6,10,18H,1H3. The van der Waals surface area contributed by atoms with Crippen LogP contribution in [0.15, 0.2) is 35.2 Å². The van der Waals surface area contributed by atoms with Gasteiger partial charge >= 0.3 is 0 Å². The fraction of sp³-hybridized carbons (Fsp3) is 0.182. The van der Waals surface area contributed by atoms with Crippen LogP contribution in [0.2, 0.25) is 0 Å². The Morgan fingerprint density at radius 1 is 1.39 bits per heavy atom. The van der Waals surface area contributed by atoms with E-state index in [1.165, 1.54) is 0 Å². The lowest BCUT2D eigenvalue weighted by Crippen LogP contribution is -2.07. The van der Waals surface area contributed by atoms with Gasteiger partial charge < -0.3 is 5.11 Å². The first-order chi connectivity index (χ1) is 8.68. The molecule has 1 atom stereocenters. The zero-order chi connectivity index (χ0) is 12.7. The van der Waals surface area contributed by atoms with Gasteiger partial charge in [0.05, 0.1) is 11.7 Å². The van der Waals surface area contributed by atoms with Crippen LogP contribution in [0.25, 0.3) is 5.52 Å². The summed E-state index contributed by atoms with van der Waals surface area (Å²) in [6.45, 7) is 0. The molecule has 7 heteroatoms. The largest absolute Gasteiger partial charge is 0.382 e. The predicted molar refractivity (Wildman–Crippen MR) is 68.0 cm³/mol. The van der Waals surface area contributed by atoms with Gasteiger partial charge in [-0.25, -0.2) is 9.20 Å². The number of aliphatic hydroxyl groups is 1. The zero-order valence-electron chi connectivity index (χ0n) is 9.53. The summed E-state index contributed by atoms with van der Waals surface area (Å²) < 4.78 is 3.80. The lowest BCUT2D eigenvalue weighted by Gasteiger charge is -2.09. The second-order valence-corrected chi connectivity index (χ2v) is 4.67. The maximum atomic E-state index is 10.4. The van der Waals surface area contributed by atoms with Crippen molar-refractivity contribution in [3.8, 4) is 0 Å². The fourth-order valence-electron chi connectivity index (χ4n) is 1.94. The lowest BCUT2D eigenvalue weighted by atomic mass is 10.1. The van der Waals surface area contributed by atoms with E-state index in [4.69, 9.17) is 0 Å². The summed E-state index contributed by atoms with van der Waals surface area (Å²) in [6, 6.07) is 5.70. The smallest absolute Gasteiger partial charge is 0.154 e. The molecule has 0 saturated carbocycles. The van der Waals surface area contributed by atoms with E-state index in [1.54, 1.807) is 22.4 Å². The molecule has 1 unspecified atom stereocenters. The minimum atomic E-state index is -0.820. The highest BCUT2D eigenvalue weighted by Gasteiger charge is 2.22. The Hall–Kier alpha value is -1.73. The molecule has 0 bridgehead atoms. The summed E-state index contributed by atoms with van der Waals surface area (Å²) in [6.07, 6.45) is 2.67. The van der Waals surface area contributed by atoms with Gasteiger partial charge in [0.1, 0.15) is 11.8 Å². The highest BCUT2D eigenvalue weighted by molar-refractivity contribution is 9.10. The number of hydrogen-bond acceptors (Lipinski definition) is 4. The molecule has 0 aliphatic carbocycles. The minimum absolute atomic E-state index is 0.535. The Labute approximate surface area is 111 Å². The monoisotopic (exact) mass is 307 g/mol. The summed E-state index contributed by atoms with van der Waals surface area (Å²) in [7, 11) is 1.74. The quantitative estimate of drug-likeness (QED) is 0.775. The Morgan fingerprint density at radius 2 is 2.22 bits per heavy atom. The van der Waals surface area contributed by atoms with Crippen molar-refractivity contribution < 1.29 is 5.11 Å². The highest BCUT2D eigenvalue weighted by atomic mass is 79.9. The van der Waals surface area contributed by atoms with E-state index in [-0.39, 0.29) is 0 Å². The zero-order valence-corrected chi connectivity index (χ0v) is 11.1. The van der Waals surface area contributed by atoms with Gasteiger partial charge in [0.2, 0.25) is 0 Å². The van der Waals surface area contributed by atoms with Gasteiger partial charge in [0, 0.05) is 18.8 Å². The summed E-state index contributed by atoms with van der Waals surface area (Å²) in [5.41, 5.74) is 2.19. The molecule has 0 radical (unpaired) electrons. The lowest BCUT2D eigenvalue weighted by molar-refractivity contribution is 0.210. The van der Waals surface area contributed by atoms with Gasteiger partial charge in [0.25, 0.3) is 0 Å². The van der Waals surface area contributed by atoms with Gasteiger partial charge in [0.15, 0.2) is 4.60 Å². The molecule has 6 nitrogen and oxygen atoms in total. The van der Waals surface area contributed by atoms with Crippen molar-refractivity contribution in [3.63, 3.8) is 0 Å². The van der Waals surface area contributed by atoms with E-state index < -0.39 is 6.10 Å². The van der Waals surface area contributed by atoms with E-state index in [1.807, 2.05) is 24.4 Å². The Balaban J connectivity index is 2.15. The average Bonchev–Trinajstić information content (AvgIpc) is 2.93. The van der Waals surface area contributed by atoms with Crippen molar-refractivity contribution in [3.05, 3.63) is 46.5 Å². The molecular weight excluding hydrogens is 298 g/mol. The fourth-order valence-corrected chi connectivity index (χ4v) is 2.49. The summed E-state index contributed by atoms with van der Waals surface area (Å²) in [5, 5.41) is 22.4. The third kappa shape index (κ3) is 1.63. The molecule has 0 saturated heterocycles. The van der Waals surface area contributed by atoms with Gasteiger partial charge in [-0.1, -0.05) is 11.3 Å². The maximum Gasteiger partial charge on any atom is 0.154 e. The second-order valence-electron chi connectivity index (χ2n) is 3.92.